The predicted molar refractivity (Wildman–Crippen MR) is 44.4 cm³/mol. The van der Waals surface area contributed by atoms with E-state index in [0.717, 1.165) is 0 Å². The van der Waals surface area contributed by atoms with Gasteiger partial charge in [-0.25, -0.2) is 0 Å². The smallest absolute Gasteiger partial charge is 0.163 e. The van der Waals surface area contributed by atoms with Crippen molar-refractivity contribution in [1.82, 2.24) is 5.32 Å². The molecular formula is C5H9ClN2S. The molecule has 0 aliphatic heterocycles. The van der Waals surface area contributed by atoms with E-state index in [9.17, 15) is 0 Å². The standard InChI is InChI=1S/C5H9ClN2S/c1-2-4(6)3-8-5(7)9/h2H,3H2,1H3,(H3,7,8,9). The third-order valence-electron chi connectivity index (χ3n) is 0.745. The van der Waals surface area contributed by atoms with Crippen molar-refractivity contribution in [3.63, 3.8) is 0 Å². The summed E-state index contributed by atoms with van der Waals surface area (Å²) in [5, 5.41) is 3.69. The maximum Gasteiger partial charge on any atom is 0.163 e. The van der Waals surface area contributed by atoms with Crippen molar-refractivity contribution in [3.8, 4) is 0 Å². The molecule has 0 rings (SSSR count). The molecule has 0 bridgehead atoms. The summed E-state index contributed by atoms with van der Waals surface area (Å²) >= 11 is 10.1. The number of rotatable bonds is 2. The highest BCUT2D eigenvalue weighted by atomic mass is 35.5. The Bertz CT molecular complexity index is 133. The van der Waals surface area contributed by atoms with E-state index in [-0.39, 0.29) is 5.11 Å². The molecule has 0 heterocycles. The molecule has 4 heteroatoms. The largest absolute Gasteiger partial charge is 0.376 e. The Balaban J connectivity index is 3.39. The van der Waals surface area contributed by atoms with Crippen LogP contribution in [0.4, 0.5) is 0 Å². The second kappa shape index (κ2) is 4.58. The Labute approximate surface area is 65.1 Å². The number of nitrogens with two attached hydrogens (primary N) is 1. The minimum Gasteiger partial charge on any atom is -0.376 e. The highest BCUT2D eigenvalue weighted by Gasteiger charge is 1.88. The van der Waals surface area contributed by atoms with Crippen LogP contribution in [0.1, 0.15) is 6.92 Å². The molecule has 0 saturated carbocycles. The van der Waals surface area contributed by atoms with Gasteiger partial charge >= 0.3 is 0 Å². The van der Waals surface area contributed by atoms with E-state index in [4.69, 9.17) is 17.3 Å². The van der Waals surface area contributed by atoms with Crippen LogP contribution in [0.15, 0.2) is 11.1 Å². The van der Waals surface area contributed by atoms with E-state index in [0.29, 0.717) is 11.6 Å². The van der Waals surface area contributed by atoms with Gasteiger partial charge in [-0.1, -0.05) is 17.7 Å². The highest BCUT2D eigenvalue weighted by Crippen LogP contribution is 1.96. The molecule has 0 spiro atoms. The van der Waals surface area contributed by atoms with Crippen LogP contribution in [-0.2, 0) is 0 Å². The number of hydrogen-bond donors (Lipinski definition) is 2. The van der Waals surface area contributed by atoms with Crippen LogP contribution in [-0.4, -0.2) is 11.7 Å². The van der Waals surface area contributed by atoms with E-state index in [1.165, 1.54) is 0 Å². The molecular weight excluding hydrogens is 156 g/mol. The lowest BCUT2D eigenvalue weighted by molar-refractivity contribution is 1.03. The summed E-state index contributed by atoms with van der Waals surface area (Å²) in [5.74, 6) is 0. The van der Waals surface area contributed by atoms with Crippen LogP contribution < -0.4 is 11.1 Å². The summed E-state index contributed by atoms with van der Waals surface area (Å²) in [6.07, 6.45) is 1.78. The summed E-state index contributed by atoms with van der Waals surface area (Å²) in [6.45, 7) is 2.37. The minimum atomic E-state index is 0.273. The normalized spacial score (nSPS) is 11.1. The Morgan fingerprint density at radius 3 is 2.78 bits per heavy atom. The monoisotopic (exact) mass is 164 g/mol. The topological polar surface area (TPSA) is 38.0 Å². The Morgan fingerprint density at radius 2 is 2.44 bits per heavy atom. The summed E-state index contributed by atoms with van der Waals surface area (Å²) in [6, 6.07) is 0. The van der Waals surface area contributed by atoms with Crippen LogP contribution in [0.3, 0.4) is 0 Å². The van der Waals surface area contributed by atoms with Gasteiger partial charge in [-0.15, -0.1) is 0 Å². The fraction of sp³-hybridized carbons (Fsp3) is 0.400. The first-order chi connectivity index (χ1) is 4.16. The van der Waals surface area contributed by atoms with Gasteiger partial charge in [0.15, 0.2) is 5.11 Å². The molecule has 0 aromatic heterocycles. The number of thiocarbonyl (C=S) groups is 1. The van der Waals surface area contributed by atoms with Crippen molar-refractivity contribution in [3.05, 3.63) is 11.1 Å². The van der Waals surface area contributed by atoms with Crippen molar-refractivity contribution >= 4 is 28.9 Å². The minimum absolute atomic E-state index is 0.273. The Kier molecular flexibility index (Phi) is 4.44. The summed E-state index contributed by atoms with van der Waals surface area (Å²) in [4.78, 5) is 0. The van der Waals surface area contributed by atoms with Crippen LogP contribution in [0.5, 0.6) is 0 Å². The molecule has 0 amide bonds. The van der Waals surface area contributed by atoms with E-state index in [1.807, 2.05) is 6.92 Å². The van der Waals surface area contributed by atoms with Gasteiger partial charge in [0.2, 0.25) is 0 Å². The molecule has 0 saturated heterocycles. The van der Waals surface area contributed by atoms with Crippen molar-refractivity contribution in [1.29, 1.82) is 0 Å². The van der Waals surface area contributed by atoms with E-state index >= 15 is 0 Å². The molecule has 0 aromatic carbocycles. The van der Waals surface area contributed by atoms with E-state index < -0.39 is 0 Å². The third-order valence-corrected chi connectivity index (χ3v) is 1.24. The van der Waals surface area contributed by atoms with Crippen molar-refractivity contribution in [2.24, 2.45) is 5.73 Å². The highest BCUT2D eigenvalue weighted by molar-refractivity contribution is 7.80. The first-order valence-electron chi connectivity index (χ1n) is 2.50. The van der Waals surface area contributed by atoms with Crippen molar-refractivity contribution in [2.45, 2.75) is 6.92 Å². The van der Waals surface area contributed by atoms with Gasteiger partial charge in [-0.2, -0.15) is 0 Å². The molecule has 0 aliphatic rings. The fourth-order valence-electron chi connectivity index (χ4n) is 0.274. The van der Waals surface area contributed by atoms with Gasteiger partial charge in [-0.3, -0.25) is 0 Å². The van der Waals surface area contributed by atoms with Crippen LogP contribution in [0.2, 0.25) is 0 Å². The van der Waals surface area contributed by atoms with E-state index in [1.54, 1.807) is 6.08 Å². The molecule has 52 valence electrons. The number of halogens is 1. The average molecular weight is 165 g/mol. The number of allylic oxidation sites excluding steroid dienone is 1. The van der Waals surface area contributed by atoms with Gasteiger partial charge in [0, 0.05) is 5.03 Å². The zero-order valence-corrected chi connectivity index (χ0v) is 6.72. The maximum atomic E-state index is 5.59. The van der Waals surface area contributed by atoms with E-state index in [2.05, 4.69) is 17.5 Å². The lowest BCUT2D eigenvalue weighted by Crippen LogP contribution is -2.29. The third kappa shape index (κ3) is 5.59. The lowest BCUT2D eigenvalue weighted by Gasteiger charge is -1.99. The molecule has 0 fully saturated rings. The number of nitrogens with one attached hydrogen (secondary N) is 1. The number of hydrogen-bond acceptors (Lipinski definition) is 1. The SMILES string of the molecule is CC=C(Cl)CNC(N)=S. The first kappa shape index (κ1) is 8.72. The molecule has 2 nitrogen and oxygen atoms in total. The molecule has 0 aliphatic carbocycles. The van der Waals surface area contributed by atoms with Crippen LogP contribution >= 0.6 is 23.8 Å². The molecule has 9 heavy (non-hydrogen) atoms. The molecule has 0 unspecified atom stereocenters. The van der Waals surface area contributed by atoms with Gasteiger partial charge in [0.25, 0.3) is 0 Å². The second-order valence-corrected chi connectivity index (χ2v) is 2.38. The van der Waals surface area contributed by atoms with Crippen molar-refractivity contribution in [2.75, 3.05) is 6.54 Å². The van der Waals surface area contributed by atoms with Gasteiger partial charge in [-0.05, 0) is 19.1 Å². The zero-order chi connectivity index (χ0) is 7.28. The van der Waals surface area contributed by atoms with Gasteiger partial charge in [0.05, 0.1) is 6.54 Å². The Hall–Kier alpha value is -0.280. The quantitative estimate of drug-likeness (QED) is 0.598. The molecule has 3 N–H and O–H groups in total. The summed E-state index contributed by atoms with van der Waals surface area (Å²) in [7, 11) is 0. The first-order valence-corrected chi connectivity index (χ1v) is 3.29. The van der Waals surface area contributed by atoms with Gasteiger partial charge in [0.1, 0.15) is 0 Å². The molecule has 0 radical (unpaired) electrons. The van der Waals surface area contributed by atoms with Crippen molar-refractivity contribution < 1.29 is 0 Å². The molecule has 0 aromatic rings. The second-order valence-electron chi connectivity index (χ2n) is 1.45. The maximum absolute atomic E-state index is 5.59. The summed E-state index contributed by atoms with van der Waals surface area (Å²) < 4.78 is 0. The molecule has 0 atom stereocenters. The summed E-state index contributed by atoms with van der Waals surface area (Å²) in [5.41, 5.74) is 5.13. The average Bonchev–Trinajstić information content (AvgIpc) is 1.83. The predicted octanol–water partition coefficient (Wildman–Crippen LogP) is 0.962. The zero-order valence-electron chi connectivity index (χ0n) is 5.15. The van der Waals surface area contributed by atoms with Crippen LogP contribution in [0.25, 0.3) is 0 Å². The Morgan fingerprint density at radius 1 is 1.89 bits per heavy atom. The van der Waals surface area contributed by atoms with Gasteiger partial charge < -0.3 is 11.1 Å². The van der Waals surface area contributed by atoms with Crippen LogP contribution in [0, 0.1) is 0 Å². The lowest BCUT2D eigenvalue weighted by atomic mass is 10.5. The fourth-order valence-corrected chi connectivity index (χ4v) is 0.413.